The molecule has 1 heterocycles. The number of aryl methyl sites for hydroxylation is 2. The number of rotatable bonds is 6. The molecule has 0 unspecified atom stereocenters. The molecule has 5 nitrogen and oxygen atoms in total. The van der Waals surface area contributed by atoms with E-state index in [1.54, 1.807) is 31.2 Å². The summed E-state index contributed by atoms with van der Waals surface area (Å²) in [5.41, 5.74) is 0.0245. The SMILES string of the molecule is COc1ccc(C(=O)NCCCn2nc(C(F)(F)F)cc2C)cc1. The van der Waals surface area contributed by atoms with Crippen molar-refractivity contribution in [3.05, 3.63) is 47.3 Å². The average molecular weight is 341 g/mol. The Morgan fingerprint density at radius 2 is 1.96 bits per heavy atom. The van der Waals surface area contributed by atoms with Crippen molar-refractivity contribution in [1.82, 2.24) is 15.1 Å². The van der Waals surface area contributed by atoms with Crippen LogP contribution in [0.25, 0.3) is 0 Å². The van der Waals surface area contributed by atoms with E-state index in [-0.39, 0.29) is 5.91 Å². The molecule has 0 spiro atoms. The molecule has 0 atom stereocenters. The zero-order valence-electron chi connectivity index (χ0n) is 13.4. The van der Waals surface area contributed by atoms with E-state index >= 15 is 0 Å². The summed E-state index contributed by atoms with van der Waals surface area (Å²) in [5, 5.41) is 6.26. The van der Waals surface area contributed by atoms with Gasteiger partial charge in [-0.15, -0.1) is 0 Å². The molecule has 1 N–H and O–H groups in total. The number of hydrogen-bond acceptors (Lipinski definition) is 3. The van der Waals surface area contributed by atoms with Crippen LogP contribution in [0.2, 0.25) is 0 Å². The Hall–Kier alpha value is -2.51. The molecule has 0 aliphatic rings. The second kappa shape index (κ2) is 7.37. The van der Waals surface area contributed by atoms with Crippen LogP contribution in [0.1, 0.15) is 28.2 Å². The number of ether oxygens (including phenoxy) is 1. The van der Waals surface area contributed by atoms with Crippen LogP contribution in [0.15, 0.2) is 30.3 Å². The maximum absolute atomic E-state index is 12.6. The lowest BCUT2D eigenvalue weighted by molar-refractivity contribution is -0.141. The van der Waals surface area contributed by atoms with Gasteiger partial charge in [0.05, 0.1) is 7.11 Å². The average Bonchev–Trinajstić information content (AvgIpc) is 2.93. The highest BCUT2D eigenvalue weighted by Gasteiger charge is 2.34. The molecule has 1 amide bonds. The molecule has 2 rings (SSSR count). The summed E-state index contributed by atoms with van der Waals surface area (Å²) < 4.78 is 44.0. The van der Waals surface area contributed by atoms with E-state index in [1.807, 2.05) is 0 Å². The maximum Gasteiger partial charge on any atom is 0.435 e. The number of carbonyl (C=O) groups is 1. The van der Waals surface area contributed by atoms with Crippen LogP contribution in [0.4, 0.5) is 13.2 Å². The quantitative estimate of drug-likeness (QED) is 0.822. The Bertz CT molecular complexity index is 694. The third-order valence-corrected chi connectivity index (χ3v) is 3.46. The van der Waals surface area contributed by atoms with E-state index in [1.165, 1.54) is 11.8 Å². The molecule has 130 valence electrons. The van der Waals surface area contributed by atoms with Crippen molar-refractivity contribution < 1.29 is 22.7 Å². The van der Waals surface area contributed by atoms with Gasteiger partial charge in [0.15, 0.2) is 5.69 Å². The van der Waals surface area contributed by atoms with Gasteiger partial charge in [0.2, 0.25) is 0 Å². The van der Waals surface area contributed by atoms with Crippen molar-refractivity contribution in [1.29, 1.82) is 0 Å². The highest BCUT2D eigenvalue weighted by atomic mass is 19.4. The van der Waals surface area contributed by atoms with Crippen molar-refractivity contribution in [2.75, 3.05) is 13.7 Å². The molecule has 8 heteroatoms. The van der Waals surface area contributed by atoms with Crippen molar-refractivity contribution in [3.8, 4) is 5.75 Å². The Morgan fingerprint density at radius 3 is 2.50 bits per heavy atom. The summed E-state index contributed by atoms with van der Waals surface area (Å²) in [6, 6.07) is 7.65. The summed E-state index contributed by atoms with van der Waals surface area (Å²) in [4.78, 5) is 11.9. The lowest BCUT2D eigenvalue weighted by Crippen LogP contribution is -2.25. The fourth-order valence-corrected chi connectivity index (χ4v) is 2.15. The van der Waals surface area contributed by atoms with Crippen molar-refractivity contribution >= 4 is 5.91 Å². The number of halogens is 3. The molecule has 0 radical (unpaired) electrons. The van der Waals surface area contributed by atoms with Crippen molar-refractivity contribution in [2.45, 2.75) is 26.1 Å². The number of aromatic nitrogens is 2. The highest BCUT2D eigenvalue weighted by Crippen LogP contribution is 2.28. The molecular formula is C16H18F3N3O2. The third kappa shape index (κ3) is 4.50. The third-order valence-electron chi connectivity index (χ3n) is 3.46. The molecule has 2 aromatic rings. The fourth-order valence-electron chi connectivity index (χ4n) is 2.15. The van der Waals surface area contributed by atoms with Gasteiger partial charge >= 0.3 is 6.18 Å². The summed E-state index contributed by atoms with van der Waals surface area (Å²) in [6.45, 7) is 2.20. The topological polar surface area (TPSA) is 56.1 Å². The normalized spacial score (nSPS) is 11.4. The molecule has 0 aliphatic carbocycles. The van der Waals surface area contributed by atoms with Crippen LogP contribution in [0.3, 0.4) is 0 Å². The lowest BCUT2D eigenvalue weighted by atomic mass is 10.2. The smallest absolute Gasteiger partial charge is 0.435 e. The van der Waals surface area contributed by atoms with Gasteiger partial charge in [-0.2, -0.15) is 18.3 Å². The first-order valence-corrected chi connectivity index (χ1v) is 7.35. The molecule has 0 saturated heterocycles. The maximum atomic E-state index is 12.6. The lowest BCUT2D eigenvalue weighted by Gasteiger charge is -2.07. The standard InChI is InChI=1S/C16H18F3N3O2/c1-11-10-14(16(17,18)19)21-22(11)9-3-8-20-15(23)12-4-6-13(24-2)7-5-12/h4-7,10H,3,8-9H2,1-2H3,(H,20,23). The largest absolute Gasteiger partial charge is 0.497 e. The number of nitrogens with zero attached hydrogens (tertiary/aromatic N) is 2. The van der Waals surface area contributed by atoms with E-state index in [9.17, 15) is 18.0 Å². The van der Waals surface area contributed by atoms with Crippen molar-refractivity contribution in [3.63, 3.8) is 0 Å². The minimum absolute atomic E-state index is 0.245. The predicted octanol–water partition coefficient (Wildman–Crippen LogP) is 3.04. The molecule has 0 aliphatic heterocycles. The number of methoxy groups -OCH3 is 1. The Kier molecular flexibility index (Phi) is 5.48. The van der Waals surface area contributed by atoms with Gasteiger partial charge in [0, 0.05) is 24.3 Å². The molecule has 1 aromatic carbocycles. The summed E-state index contributed by atoms with van der Waals surface area (Å²) in [6.07, 6.45) is -3.97. The van der Waals surface area contributed by atoms with Gasteiger partial charge in [-0.25, -0.2) is 0 Å². The fraction of sp³-hybridized carbons (Fsp3) is 0.375. The number of benzene rings is 1. The molecule has 1 aromatic heterocycles. The number of amides is 1. The zero-order chi connectivity index (χ0) is 17.7. The van der Waals surface area contributed by atoms with E-state index in [2.05, 4.69) is 10.4 Å². The van der Waals surface area contributed by atoms with E-state index in [0.29, 0.717) is 36.5 Å². The molecule has 0 fully saturated rings. The van der Waals surface area contributed by atoms with E-state index in [4.69, 9.17) is 4.74 Å². The second-order valence-electron chi connectivity index (χ2n) is 5.23. The van der Waals surface area contributed by atoms with Crippen LogP contribution in [-0.4, -0.2) is 29.3 Å². The Morgan fingerprint density at radius 1 is 1.29 bits per heavy atom. The first kappa shape index (κ1) is 17.8. The summed E-state index contributed by atoms with van der Waals surface area (Å²) in [5.74, 6) is 0.409. The summed E-state index contributed by atoms with van der Waals surface area (Å²) >= 11 is 0. The van der Waals surface area contributed by atoms with Crippen molar-refractivity contribution in [2.24, 2.45) is 0 Å². The number of alkyl halides is 3. The van der Waals surface area contributed by atoms with Crippen LogP contribution < -0.4 is 10.1 Å². The van der Waals surface area contributed by atoms with Gasteiger partial charge in [0.25, 0.3) is 5.91 Å². The van der Waals surface area contributed by atoms with Crippen LogP contribution >= 0.6 is 0 Å². The Balaban J connectivity index is 1.82. The minimum Gasteiger partial charge on any atom is -0.497 e. The molecule has 24 heavy (non-hydrogen) atoms. The van der Waals surface area contributed by atoms with Gasteiger partial charge in [-0.3, -0.25) is 9.48 Å². The first-order chi connectivity index (χ1) is 11.3. The van der Waals surface area contributed by atoms with Crippen LogP contribution in [0.5, 0.6) is 5.75 Å². The summed E-state index contributed by atoms with van der Waals surface area (Å²) in [7, 11) is 1.54. The zero-order valence-corrected chi connectivity index (χ0v) is 13.4. The first-order valence-electron chi connectivity index (χ1n) is 7.35. The van der Waals surface area contributed by atoms with Gasteiger partial charge in [-0.1, -0.05) is 0 Å². The number of carbonyl (C=O) groups excluding carboxylic acids is 1. The van der Waals surface area contributed by atoms with E-state index in [0.717, 1.165) is 6.07 Å². The van der Waals surface area contributed by atoms with Gasteiger partial charge in [0.1, 0.15) is 5.75 Å². The monoisotopic (exact) mass is 341 g/mol. The van der Waals surface area contributed by atoms with Crippen LogP contribution in [-0.2, 0) is 12.7 Å². The van der Waals surface area contributed by atoms with Gasteiger partial charge in [-0.05, 0) is 43.7 Å². The molecular weight excluding hydrogens is 323 g/mol. The number of hydrogen-bond donors (Lipinski definition) is 1. The number of nitrogens with one attached hydrogen (secondary N) is 1. The van der Waals surface area contributed by atoms with Crippen LogP contribution in [0, 0.1) is 6.92 Å². The minimum atomic E-state index is -4.45. The molecule has 0 bridgehead atoms. The predicted molar refractivity (Wildman–Crippen MR) is 81.9 cm³/mol. The van der Waals surface area contributed by atoms with E-state index < -0.39 is 11.9 Å². The highest BCUT2D eigenvalue weighted by molar-refractivity contribution is 5.94. The van der Waals surface area contributed by atoms with Gasteiger partial charge < -0.3 is 10.1 Å². The molecule has 0 saturated carbocycles. The second-order valence-corrected chi connectivity index (χ2v) is 5.23. The Labute approximate surface area is 137 Å².